The van der Waals surface area contributed by atoms with E-state index in [1.165, 1.54) is 11.6 Å². The maximum absolute atomic E-state index is 11.0. The number of hydrogen-bond acceptors (Lipinski definition) is 2. The van der Waals surface area contributed by atoms with E-state index in [-0.39, 0.29) is 5.91 Å². The zero-order chi connectivity index (χ0) is 11.3. The average molecular weight is 204 g/mol. The SMILES string of the molecule is C=CC(=O)Nc1ccc(CN(C)C)cc1. The number of anilines is 1. The normalized spacial score (nSPS) is 10.1. The molecule has 0 saturated heterocycles. The summed E-state index contributed by atoms with van der Waals surface area (Å²) in [6.07, 6.45) is 1.26. The van der Waals surface area contributed by atoms with Gasteiger partial charge in [0.15, 0.2) is 0 Å². The van der Waals surface area contributed by atoms with E-state index in [9.17, 15) is 4.79 Å². The predicted octanol–water partition coefficient (Wildman–Crippen LogP) is 1.87. The van der Waals surface area contributed by atoms with Crippen LogP contribution in [0.15, 0.2) is 36.9 Å². The van der Waals surface area contributed by atoms with E-state index in [4.69, 9.17) is 0 Å². The molecule has 1 amide bonds. The Morgan fingerprint density at radius 3 is 2.47 bits per heavy atom. The predicted molar refractivity (Wildman–Crippen MR) is 62.7 cm³/mol. The fraction of sp³-hybridized carbons (Fsp3) is 0.250. The van der Waals surface area contributed by atoms with Crippen molar-refractivity contribution in [2.24, 2.45) is 0 Å². The molecule has 80 valence electrons. The third-order valence-corrected chi connectivity index (χ3v) is 1.91. The zero-order valence-electron chi connectivity index (χ0n) is 9.16. The Labute approximate surface area is 90.4 Å². The summed E-state index contributed by atoms with van der Waals surface area (Å²) in [5.74, 6) is -0.185. The Kier molecular flexibility index (Phi) is 4.06. The maximum Gasteiger partial charge on any atom is 0.247 e. The van der Waals surface area contributed by atoms with E-state index >= 15 is 0 Å². The van der Waals surface area contributed by atoms with Crippen molar-refractivity contribution >= 4 is 11.6 Å². The molecule has 3 nitrogen and oxygen atoms in total. The quantitative estimate of drug-likeness (QED) is 0.759. The number of nitrogens with one attached hydrogen (secondary N) is 1. The molecule has 1 N–H and O–H groups in total. The highest BCUT2D eigenvalue weighted by atomic mass is 16.1. The first-order chi connectivity index (χ1) is 7.11. The molecule has 0 aromatic heterocycles. The Bertz CT molecular complexity index is 341. The van der Waals surface area contributed by atoms with Crippen LogP contribution in [0.1, 0.15) is 5.56 Å². The van der Waals surface area contributed by atoms with E-state index in [1.54, 1.807) is 0 Å². The Hall–Kier alpha value is -1.61. The average Bonchev–Trinajstić information content (AvgIpc) is 2.20. The number of amides is 1. The minimum atomic E-state index is -0.185. The molecule has 0 aliphatic heterocycles. The first kappa shape index (κ1) is 11.5. The molecule has 0 aliphatic rings. The van der Waals surface area contributed by atoms with Gasteiger partial charge in [0.05, 0.1) is 0 Å². The topological polar surface area (TPSA) is 32.3 Å². The number of carbonyl (C=O) groups is 1. The van der Waals surface area contributed by atoms with Crippen molar-refractivity contribution in [2.75, 3.05) is 19.4 Å². The van der Waals surface area contributed by atoms with E-state index in [0.717, 1.165) is 12.2 Å². The van der Waals surface area contributed by atoms with Crippen molar-refractivity contribution < 1.29 is 4.79 Å². The first-order valence-electron chi connectivity index (χ1n) is 4.79. The Balaban J connectivity index is 2.63. The fourth-order valence-corrected chi connectivity index (χ4v) is 1.25. The maximum atomic E-state index is 11.0. The highest BCUT2D eigenvalue weighted by Crippen LogP contribution is 2.10. The van der Waals surface area contributed by atoms with Gasteiger partial charge in [-0.1, -0.05) is 18.7 Å². The van der Waals surface area contributed by atoms with Crippen molar-refractivity contribution in [1.82, 2.24) is 4.90 Å². The molecule has 0 heterocycles. The van der Waals surface area contributed by atoms with Crippen LogP contribution in [0.3, 0.4) is 0 Å². The Morgan fingerprint density at radius 1 is 1.40 bits per heavy atom. The van der Waals surface area contributed by atoms with E-state index in [1.807, 2.05) is 38.4 Å². The summed E-state index contributed by atoms with van der Waals surface area (Å²) in [7, 11) is 4.04. The van der Waals surface area contributed by atoms with Crippen LogP contribution >= 0.6 is 0 Å². The van der Waals surface area contributed by atoms with Gasteiger partial charge in [0, 0.05) is 12.2 Å². The van der Waals surface area contributed by atoms with Crippen LogP contribution in [0, 0.1) is 0 Å². The van der Waals surface area contributed by atoms with Crippen molar-refractivity contribution in [3.05, 3.63) is 42.5 Å². The van der Waals surface area contributed by atoms with Crippen LogP contribution in [0.4, 0.5) is 5.69 Å². The molecule has 0 aliphatic carbocycles. The van der Waals surface area contributed by atoms with Crippen LogP contribution in [-0.4, -0.2) is 24.9 Å². The summed E-state index contributed by atoms with van der Waals surface area (Å²) < 4.78 is 0. The van der Waals surface area contributed by atoms with Crippen LogP contribution in [-0.2, 0) is 11.3 Å². The van der Waals surface area contributed by atoms with E-state index < -0.39 is 0 Å². The summed E-state index contributed by atoms with van der Waals surface area (Å²) in [6.45, 7) is 4.29. The molecule has 0 atom stereocenters. The van der Waals surface area contributed by atoms with Crippen LogP contribution in [0.5, 0.6) is 0 Å². The van der Waals surface area contributed by atoms with Gasteiger partial charge in [0.25, 0.3) is 0 Å². The van der Waals surface area contributed by atoms with E-state index in [2.05, 4.69) is 16.8 Å². The molecule has 1 rings (SSSR count). The number of hydrogen-bond donors (Lipinski definition) is 1. The number of carbonyl (C=O) groups excluding carboxylic acids is 1. The lowest BCUT2D eigenvalue weighted by Crippen LogP contribution is -2.11. The molecular weight excluding hydrogens is 188 g/mol. The molecule has 1 aromatic rings. The third kappa shape index (κ3) is 3.95. The molecule has 3 heteroatoms. The van der Waals surface area contributed by atoms with Crippen molar-refractivity contribution in [2.45, 2.75) is 6.54 Å². The molecule has 0 spiro atoms. The van der Waals surface area contributed by atoms with Crippen LogP contribution in [0.25, 0.3) is 0 Å². The van der Waals surface area contributed by atoms with Gasteiger partial charge in [0.2, 0.25) is 5.91 Å². The smallest absolute Gasteiger partial charge is 0.247 e. The standard InChI is InChI=1S/C12H16N2O/c1-4-12(15)13-11-7-5-10(6-8-11)9-14(2)3/h4-8H,1,9H2,2-3H3,(H,13,15). The number of benzene rings is 1. The fourth-order valence-electron chi connectivity index (χ4n) is 1.25. The highest BCUT2D eigenvalue weighted by Gasteiger charge is 1.98. The molecule has 0 unspecified atom stereocenters. The molecule has 15 heavy (non-hydrogen) atoms. The lowest BCUT2D eigenvalue weighted by Gasteiger charge is -2.10. The van der Waals surface area contributed by atoms with Gasteiger partial charge in [0.1, 0.15) is 0 Å². The van der Waals surface area contributed by atoms with Gasteiger partial charge < -0.3 is 10.2 Å². The highest BCUT2D eigenvalue weighted by molar-refractivity contribution is 5.98. The van der Waals surface area contributed by atoms with Gasteiger partial charge in [-0.25, -0.2) is 0 Å². The second-order valence-electron chi connectivity index (χ2n) is 3.63. The first-order valence-corrected chi connectivity index (χ1v) is 4.79. The van der Waals surface area contributed by atoms with Crippen LogP contribution in [0.2, 0.25) is 0 Å². The molecule has 0 bridgehead atoms. The molecular formula is C12H16N2O. The van der Waals surface area contributed by atoms with Gasteiger partial charge in [-0.3, -0.25) is 4.79 Å². The van der Waals surface area contributed by atoms with Gasteiger partial charge in [-0.05, 0) is 37.9 Å². The molecule has 0 saturated carbocycles. The minimum absolute atomic E-state index is 0.185. The third-order valence-electron chi connectivity index (χ3n) is 1.91. The zero-order valence-corrected chi connectivity index (χ0v) is 9.16. The molecule has 0 radical (unpaired) electrons. The van der Waals surface area contributed by atoms with Gasteiger partial charge >= 0.3 is 0 Å². The summed E-state index contributed by atoms with van der Waals surface area (Å²) in [6, 6.07) is 7.78. The minimum Gasteiger partial charge on any atom is -0.323 e. The van der Waals surface area contributed by atoms with Gasteiger partial charge in [-0.15, -0.1) is 0 Å². The lowest BCUT2D eigenvalue weighted by molar-refractivity contribution is -0.111. The monoisotopic (exact) mass is 204 g/mol. The second kappa shape index (κ2) is 5.32. The van der Waals surface area contributed by atoms with E-state index in [0.29, 0.717) is 0 Å². The van der Waals surface area contributed by atoms with Crippen molar-refractivity contribution in [1.29, 1.82) is 0 Å². The van der Waals surface area contributed by atoms with Crippen LogP contribution < -0.4 is 5.32 Å². The Morgan fingerprint density at radius 2 is 2.00 bits per heavy atom. The largest absolute Gasteiger partial charge is 0.323 e. The number of rotatable bonds is 4. The van der Waals surface area contributed by atoms with Crippen molar-refractivity contribution in [3.63, 3.8) is 0 Å². The van der Waals surface area contributed by atoms with Crippen molar-refractivity contribution in [3.8, 4) is 0 Å². The molecule has 1 aromatic carbocycles. The molecule has 0 fully saturated rings. The lowest BCUT2D eigenvalue weighted by atomic mass is 10.2. The van der Waals surface area contributed by atoms with Gasteiger partial charge in [-0.2, -0.15) is 0 Å². The summed E-state index contributed by atoms with van der Waals surface area (Å²) >= 11 is 0. The number of nitrogens with zero attached hydrogens (tertiary/aromatic N) is 1. The second-order valence-corrected chi connectivity index (χ2v) is 3.63. The summed E-state index contributed by atoms with van der Waals surface area (Å²) in [4.78, 5) is 13.1. The summed E-state index contributed by atoms with van der Waals surface area (Å²) in [5.41, 5.74) is 2.01. The summed E-state index contributed by atoms with van der Waals surface area (Å²) in [5, 5.41) is 2.70.